The second-order valence-corrected chi connectivity index (χ2v) is 5.12. The van der Waals surface area contributed by atoms with Crippen LogP contribution in [0.5, 0.6) is 5.75 Å². The zero-order valence-corrected chi connectivity index (χ0v) is 13.4. The summed E-state index contributed by atoms with van der Waals surface area (Å²) in [7, 11) is 0. The molecule has 3 nitrogen and oxygen atoms in total. The summed E-state index contributed by atoms with van der Waals surface area (Å²) in [6, 6.07) is 12.6. The highest BCUT2D eigenvalue weighted by molar-refractivity contribution is 5.47. The highest BCUT2D eigenvalue weighted by atomic mass is 19.4. The van der Waals surface area contributed by atoms with Crippen LogP contribution in [0.1, 0.15) is 18.1 Å². The third-order valence-electron chi connectivity index (χ3n) is 3.31. The fraction of sp³-hybridized carbons (Fsp3) is 0.333. The van der Waals surface area contributed by atoms with Crippen molar-refractivity contribution < 1.29 is 22.6 Å². The van der Waals surface area contributed by atoms with Crippen molar-refractivity contribution in [3.8, 4) is 5.75 Å². The van der Waals surface area contributed by atoms with E-state index >= 15 is 0 Å². The van der Waals surface area contributed by atoms with Gasteiger partial charge in [0.2, 0.25) is 0 Å². The highest BCUT2D eigenvalue weighted by Gasteiger charge is 2.30. The van der Waals surface area contributed by atoms with E-state index in [-0.39, 0.29) is 0 Å². The minimum absolute atomic E-state index is 0.431. The average Bonchev–Trinajstić information content (AvgIpc) is 2.57. The third kappa shape index (κ3) is 5.77. The molecule has 0 bridgehead atoms. The van der Waals surface area contributed by atoms with Gasteiger partial charge in [-0.1, -0.05) is 18.2 Å². The molecule has 0 atom stereocenters. The first-order chi connectivity index (χ1) is 11.5. The summed E-state index contributed by atoms with van der Waals surface area (Å²) in [6.07, 6.45) is -4.34. The van der Waals surface area contributed by atoms with E-state index in [1.54, 1.807) is 6.07 Å². The number of ether oxygens (including phenoxy) is 2. The van der Waals surface area contributed by atoms with Crippen molar-refractivity contribution >= 4 is 5.69 Å². The molecule has 0 aliphatic carbocycles. The lowest BCUT2D eigenvalue weighted by atomic mass is 10.1. The molecule has 0 aromatic heterocycles. The summed E-state index contributed by atoms with van der Waals surface area (Å²) in [5, 5.41) is 2.99. The maximum Gasteiger partial charge on any atom is 0.416 e. The zero-order chi connectivity index (χ0) is 17.4. The Bertz CT molecular complexity index is 627. The van der Waals surface area contributed by atoms with E-state index in [1.807, 2.05) is 31.2 Å². The predicted octanol–water partition coefficient (Wildman–Crippen LogP) is 4.73. The van der Waals surface area contributed by atoms with E-state index in [9.17, 15) is 13.2 Å². The van der Waals surface area contributed by atoms with Gasteiger partial charge in [-0.2, -0.15) is 13.2 Å². The summed E-state index contributed by atoms with van der Waals surface area (Å²) < 4.78 is 48.7. The molecule has 6 heteroatoms. The van der Waals surface area contributed by atoms with Crippen molar-refractivity contribution in [2.75, 3.05) is 25.1 Å². The van der Waals surface area contributed by atoms with E-state index in [0.717, 1.165) is 23.4 Å². The number of anilines is 1. The quantitative estimate of drug-likeness (QED) is 0.705. The van der Waals surface area contributed by atoms with Crippen LogP contribution < -0.4 is 10.1 Å². The molecule has 130 valence electrons. The topological polar surface area (TPSA) is 30.5 Å². The maximum absolute atomic E-state index is 12.7. The van der Waals surface area contributed by atoms with Crippen molar-refractivity contribution in [1.82, 2.24) is 0 Å². The van der Waals surface area contributed by atoms with Gasteiger partial charge in [0.25, 0.3) is 0 Å². The fourth-order valence-electron chi connectivity index (χ4n) is 2.08. The maximum atomic E-state index is 12.7. The normalized spacial score (nSPS) is 11.3. The first kappa shape index (κ1) is 18.1. The van der Waals surface area contributed by atoms with Crippen LogP contribution in [-0.2, 0) is 17.5 Å². The van der Waals surface area contributed by atoms with Crippen LogP contribution in [0.15, 0.2) is 48.5 Å². The van der Waals surface area contributed by atoms with E-state index in [0.29, 0.717) is 32.1 Å². The van der Waals surface area contributed by atoms with Gasteiger partial charge in [0.05, 0.1) is 12.2 Å². The molecule has 0 saturated heterocycles. The standard InChI is InChI=1S/C18H20F3NO2/c1-2-23-10-11-24-17-8-6-14(7-9-17)13-22-16-5-3-4-15(12-16)18(19,20)21/h3-9,12,22H,2,10-11,13H2,1H3. The molecule has 0 amide bonds. The van der Waals surface area contributed by atoms with Crippen LogP contribution in [0.25, 0.3) is 0 Å². The Balaban J connectivity index is 1.86. The summed E-state index contributed by atoms with van der Waals surface area (Å²) in [6.45, 7) is 4.03. The van der Waals surface area contributed by atoms with Gasteiger partial charge in [0.1, 0.15) is 12.4 Å². The largest absolute Gasteiger partial charge is 0.491 e. The van der Waals surface area contributed by atoms with Gasteiger partial charge < -0.3 is 14.8 Å². The van der Waals surface area contributed by atoms with Crippen LogP contribution in [0, 0.1) is 0 Å². The monoisotopic (exact) mass is 339 g/mol. The van der Waals surface area contributed by atoms with E-state index < -0.39 is 11.7 Å². The number of rotatable bonds is 8. The molecule has 0 saturated carbocycles. The minimum Gasteiger partial charge on any atom is -0.491 e. The van der Waals surface area contributed by atoms with Crippen LogP contribution in [0.4, 0.5) is 18.9 Å². The van der Waals surface area contributed by atoms with Gasteiger partial charge >= 0.3 is 6.18 Å². The molecule has 0 fully saturated rings. The van der Waals surface area contributed by atoms with Gasteiger partial charge in [-0.3, -0.25) is 0 Å². The Morgan fingerprint density at radius 1 is 1.00 bits per heavy atom. The molecule has 0 aliphatic rings. The number of nitrogens with one attached hydrogen (secondary N) is 1. The van der Waals surface area contributed by atoms with Gasteiger partial charge in [0, 0.05) is 18.8 Å². The van der Waals surface area contributed by atoms with Crippen molar-refractivity contribution in [2.24, 2.45) is 0 Å². The third-order valence-corrected chi connectivity index (χ3v) is 3.31. The lowest BCUT2D eigenvalue weighted by Crippen LogP contribution is -2.07. The molecule has 0 heterocycles. The van der Waals surface area contributed by atoms with Gasteiger partial charge in [-0.15, -0.1) is 0 Å². The SMILES string of the molecule is CCOCCOc1ccc(CNc2cccc(C(F)(F)F)c2)cc1. The molecule has 1 N–H and O–H groups in total. The van der Waals surface area contributed by atoms with Crippen LogP contribution in [0.2, 0.25) is 0 Å². The highest BCUT2D eigenvalue weighted by Crippen LogP contribution is 2.30. The minimum atomic E-state index is -4.34. The van der Waals surface area contributed by atoms with E-state index in [4.69, 9.17) is 9.47 Å². The Kier molecular flexibility index (Phi) is 6.49. The van der Waals surface area contributed by atoms with Crippen LogP contribution in [0.3, 0.4) is 0 Å². The molecular formula is C18H20F3NO2. The Morgan fingerprint density at radius 2 is 1.75 bits per heavy atom. The number of hydrogen-bond acceptors (Lipinski definition) is 3. The Labute approximate surface area is 139 Å². The van der Waals surface area contributed by atoms with Crippen molar-refractivity contribution in [3.05, 3.63) is 59.7 Å². The second kappa shape index (κ2) is 8.59. The number of halogens is 3. The predicted molar refractivity (Wildman–Crippen MR) is 87.2 cm³/mol. The molecule has 0 radical (unpaired) electrons. The van der Waals surface area contributed by atoms with Gasteiger partial charge in [-0.25, -0.2) is 0 Å². The molecule has 2 aromatic carbocycles. The zero-order valence-electron chi connectivity index (χ0n) is 13.4. The average molecular weight is 339 g/mol. The number of hydrogen-bond donors (Lipinski definition) is 1. The molecular weight excluding hydrogens is 319 g/mol. The fourth-order valence-corrected chi connectivity index (χ4v) is 2.08. The molecule has 24 heavy (non-hydrogen) atoms. The number of benzene rings is 2. The summed E-state index contributed by atoms with van der Waals surface area (Å²) >= 11 is 0. The van der Waals surface area contributed by atoms with E-state index in [2.05, 4.69) is 5.32 Å². The van der Waals surface area contributed by atoms with Crippen molar-refractivity contribution in [3.63, 3.8) is 0 Å². The summed E-state index contributed by atoms with van der Waals surface area (Å²) in [4.78, 5) is 0. The molecule has 2 aromatic rings. The van der Waals surface area contributed by atoms with E-state index in [1.165, 1.54) is 6.07 Å². The molecule has 0 aliphatic heterocycles. The van der Waals surface area contributed by atoms with Crippen molar-refractivity contribution in [1.29, 1.82) is 0 Å². The second-order valence-electron chi connectivity index (χ2n) is 5.12. The van der Waals surface area contributed by atoms with Crippen LogP contribution in [-0.4, -0.2) is 19.8 Å². The smallest absolute Gasteiger partial charge is 0.416 e. The lowest BCUT2D eigenvalue weighted by Gasteiger charge is -2.11. The summed E-state index contributed by atoms with van der Waals surface area (Å²) in [5.41, 5.74) is 0.719. The molecule has 2 rings (SSSR count). The number of alkyl halides is 3. The van der Waals surface area contributed by atoms with Crippen molar-refractivity contribution in [2.45, 2.75) is 19.6 Å². The van der Waals surface area contributed by atoms with Crippen LogP contribution >= 0.6 is 0 Å². The molecule has 0 spiro atoms. The Morgan fingerprint density at radius 3 is 2.42 bits per heavy atom. The lowest BCUT2D eigenvalue weighted by molar-refractivity contribution is -0.137. The summed E-state index contributed by atoms with van der Waals surface area (Å²) in [5.74, 6) is 0.734. The van der Waals surface area contributed by atoms with Gasteiger partial charge in [0.15, 0.2) is 0 Å². The Hall–Kier alpha value is -2.21. The van der Waals surface area contributed by atoms with Gasteiger partial charge in [-0.05, 0) is 42.8 Å². The first-order valence-corrected chi connectivity index (χ1v) is 7.69. The molecule has 0 unspecified atom stereocenters. The first-order valence-electron chi connectivity index (χ1n) is 7.69.